The van der Waals surface area contributed by atoms with Crippen molar-refractivity contribution < 1.29 is 8.42 Å². The highest BCUT2D eigenvalue weighted by atomic mass is 79.9. The summed E-state index contributed by atoms with van der Waals surface area (Å²) in [6, 6.07) is 5.34. The van der Waals surface area contributed by atoms with Gasteiger partial charge in [-0.3, -0.25) is 0 Å². The smallest absolute Gasteiger partial charge is 0.243 e. The standard InChI is InChI=1S/C15H23BrN2O2S.ClH/c1-3-17-11-13-6-8-18(9-7-13)21(19,20)15-5-4-14(16)10-12(15)2;/h4-5,10,13,17H,3,6-9,11H2,1-2H3;1H. The van der Waals surface area contributed by atoms with E-state index in [1.54, 1.807) is 16.4 Å². The molecule has 1 N–H and O–H groups in total. The summed E-state index contributed by atoms with van der Waals surface area (Å²) in [5.74, 6) is 0.586. The molecule has 2 rings (SSSR count). The van der Waals surface area contributed by atoms with Crippen LogP contribution in [0, 0.1) is 12.8 Å². The first-order valence-electron chi connectivity index (χ1n) is 7.42. The normalized spacial score (nSPS) is 17.2. The molecule has 4 nitrogen and oxygen atoms in total. The third-order valence-corrected chi connectivity index (χ3v) is 6.56. The second-order valence-electron chi connectivity index (χ2n) is 5.56. The fourth-order valence-electron chi connectivity index (χ4n) is 2.74. The molecule has 0 aromatic heterocycles. The Bertz CT molecular complexity index is 587. The molecule has 1 saturated heterocycles. The lowest BCUT2D eigenvalue weighted by molar-refractivity contribution is 0.268. The Morgan fingerprint density at radius 1 is 1.32 bits per heavy atom. The third kappa shape index (κ3) is 4.68. The molecule has 126 valence electrons. The second-order valence-corrected chi connectivity index (χ2v) is 8.39. The van der Waals surface area contributed by atoms with Crippen molar-refractivity contribution in [2.75, 3.05) is 26.2 Å². The highest BCUT2D eigenvalue weighted by molar-refractivity contribution is 9.10. The van der Waals surface area contributed by atoms with Gasteiger partial charge in [0.25, 0.3) is 0 Å². The Labute approximate surface area is 148 Å². The minimum atomic E-state index is -3.36. The summed E-state index contributed by atoms with van der Waals surface area (Å²) in [5.41, 5.74) is 0.791. The lowest BCUT2D eigenvalue weighted by Crippen LogP contribution is -2.40. The average molecular weight is 412 g/mol. The van der Waals surface area contributed by atoms with Crippen molar-refractivity contribution in [1.82, 2.24) is 9.62 Å². The van der Waals surface area contributed by atoms with Crippen molar-refractivity contribution in [1.29, 1.82) is 0 Å². The van der Waals surface area contributed by atoms with Crippen LogP contribution in [-0.4, -0.2) is 38.9 Å². The second kappa shape index (κ2) is 8.64. The molecule has 1 aliphatic heterocycles. The lowest BCUT2D eigenvalue weighted by atomic mass is 9.98. The molecule has 1 aromatic carbocycles. The summed E-state index contributed by atoms with van der Waals surface area (Å²) in [5, 5.41) is 3.35. The van der Waals surface area contributed by atoms with Gasteiger partial charge in [0.15, 0.2) is 0 Å². The Kier molecular flexibility index (Phi) is 7.82. The fourth-order valence-corrected chi connectivity index (χ4v) is 4.89. The Hall–Kier alpha value is -0.140. The lowest BCUT2D eigenvalue weighted by Gasteiger charge is -2.31. The van der Waals surface area contributed by atoms with E-state index in [0.29, 0.717) is 23.9 Å². The van der Waals surface area contributed by atoms with E-state index in [2.05, 4.69) is 28.2 Å². The number of piperidine rings is 1. The molecule has 0 unspecified atom stereocenters. The molecule has 0 radical (unpaired) electrons. The van der Waals surface area contributed by atoms with Crippen molar-refractivity contribution in [3.63, 3.8) is 0 Å². The number of aryl methyl sites for hydroxylation is 1. The highest BCUT2D eigenvalue weighted by Gasteiger charge is 2.30. The zero-order valence-corrected chi connectivity index (χ0v) is 16.2. The molecule has 0 bridgehead atoms. The molecule has 22 heavy (non-hydrogen) atoms. The number of halogens is 2. The van der Waals surface area contributed by atoms with Gasteiger partial charge < -0.3 is 5.32 Å². The highest BCUT2D eigenvalue weighted by Crippen LogP contribution is 2.27. The number of sulfonamides is 1. The Morgan fingerprint density at radius 3 is 2.50 bits per heavy atom. The first kappa shape index (κ1) is 19.9. The molecular weight excluding hydrogens is 388 g/mol. The number of benzene rings is 1. The molecule has 1 aliphatic rings. The van der Waals surface area contributed by atoms with Gasteiger partial charge in [-0.05, 0) is 62.5 Å². The molecule has 7 heteroatoms. The maximum atomic E-state index is 12.7. The maximum Gasteiger partial charge on any atom is 0.243 e. The number of hydrogen-bond donors (Lipinski definition) is 1. The molecule has 0 atom stereocenters. The number of hydrogen-bond acceptors (Lipinski definition) is 3. The molecule has 0 saturated carbocycles. The SMILES string of the molecule is CCNCC1CCN(S(=O)(=O)c2ccc(Br)cc2C)CC1.Cl. The largest absolute Gasteiger partial charge is 0.317 e. The number of nitrogens with one attached hydrogen (secondary N) is 1. The van der Waals surface area contributed by atoms with Gasteiger partial charge in [0.2, 0.25) is 10.0 Å². The number of rotatable bonds is 5. The summed E-state index contributed by atoms with van der Waals surface area (Å²) in [7, 11) is -3.36. The van der Waals surface area contributed by atoms with E-state index in [0.717, 1.165) is 36.0 Å². The molecule has 1 heterocycles. The van der Waals surface area contributed by atoms with Crippen LogP contribution >= 0.6 is 28.3 Å². The van der Waals surface area contributed by atoms with Crippen molar-refractivity contribution in [3.8, 4) is 0 Å². The van der Waals surface area contributed by atoms with E-state index in [-0.39, 0.29) is 12.4 Å². The van der Waals surface area contributed by atoms with Crippen molar-refractivity contribution in [2.45, 2.75) is 31.6 Å². The van der Waals surface area contributed by atoms with Gasteiger partial charge in [-0.15, -0.1) is 12.4 Å². The quantitative estimate of drug-likeness (QED) is 0.809. The average Bonchev–Trinajstić information content (AvgIpc) is 2.45. The summed E-state index contributed by atoms with van der Waals surface area (Å²) >= 11 is 3.38. The van der Waals surface area contributed by atoms with Crippen molar-refractivity contribution >= 4 is 38.4 Å². The first-order chi connectivity index (χ1) is 9.95. The van der Waals surface area contributed by atoms with Gasteiger partial charge in [-0.2, -0.15) is 4.31 Å². The van der Waals surface area contributed by atoms with E-state index < -0.39 is 10.0 Å². The van der Waals surface area contributed by atoms with Crippen LogP contribution in [0.5, 0.6) is 0 Å². The van der Waals surface area contributed by atoms with Crippen LogP contribution < -0.4 is 5.32 Å². The van der Waals surface area contributed by atoms with E-state index in [4.69, 9.17) is 0 Å². The Balaban J connectivity index is 0.00000242. The minimum Gasteiger partial charge on any atom is -0.317 e. The van der Waals surface area contributed by atoms with Gasteiger partial charge in [0.05, 0.1) is 4.90 Å². The molecular formula is C15H24BrClN2O2S. The Morgan fingerprint density at radius 2 is 1.95 bits per heavy atom. The topological polar surface area (TPSA) is 49.4 Å². The summed E-state index contributed by atoms with van der Waals surface area (Å²) in [4.78, 5) is 0.427. The van der Waals surface area contributed by atoms with Crippen LogP contribution in [-0.2, 0) is 10.0 Å². The molecule has 1 fully saturated rings. The van der Waals surface area contributed by atoms with Crippen LogP contribution in [0.4, 0.5) is 0 Å². The molecule has 0 spiro atoms. The number of nitrogens with zero attached hydrogens (tertiary/aromatic N) is 1. The predicted octanol–water partition coefficient (Wildman–Crippen LogP) is 3.19. The van der Waals surface area contributed by atoms with Crippen molar-refractivity contribution in [2.24, 2.45) is 5.92 Å². The maximum absolute atomic E-state index is 12.7. The van der Waals surface area contributed by atoms with Gasteiger partial charge in [-0.25, -0.2) is 8.42 Å². The monoisotopic (exact) mass is 410 g/mol. The van der Waals surface area contributed by atoms with Crippen LogP contribution in [0.25, 0.3) is 0 Å². The van der Waals surface area contributed by atoms with Gasteiger partial charge in [-0.1, -0.05) is 22.9 Å². The summed E-state index contributed by atoms with van der Waals surface area (Å²) in [6.07, 6.45) is 1.86. The van der Waals surface area contributed by atoms with Gasteiger partial charge in [0, 0.05) is 17.6 Å². The zero-order valence-electron chi connectivity index (χ0n) is 13.0. The summed E-state index contributed by atoms with van der Waals surface area (Å²) in [6.45, 7) is 7.13. The first-order valence-corrected chi connectivity index (χ1v) is 9.65. The van der Waals surface area contributed by atoms with E-state index in [1.165, 1.54) is 0 Å². The third-order valence-electron chi connectivity index (χ3n) is 4.01. The van der Waals surface area contributed by atoms with Gasteiger partial charge in [0.1, 0.15) is 0 Å². The molecule has 0 aliphatic carbocycles. The fraction of sp³-hybridized carbons (Fsp3) is 0.600. The van der Waals surface area contributed by atoms with Crippen LogP contribution in [0.15, 0.2) is 27.6 Å². The van der Waals surface area contributed by atoms with E-state index in [9.17, 15) is 8.42 Å². The van der Waals surface area contributed by atoms with Crippen LogP contribution in [0.2, 0.25) is 0 Å². The zero-order chi connectivity index (χ0) is 15.5. The van der Waals surface area contributed by atoms with Gasteiger partial charge >= 0.3 is 0 Å². The predicted molar refractivity (Wildman–Crippen MR) is 96.2 cm³/mol. The van der Waals surface area contributed by atoms with E-state index in [1.807, 2.05) is 13.0 Å². The van der Waals surface area contributed by atoms with E-state index >= 15 is 0 Å². The minimum absolute atomic E-state index is 0. The van der Waals surface area contributed by atoms with Crippen LogP contribution in [0.3, 0.4) is 0 Å². The molecule has 0 amide bonds. The van der Waals surface area contributed by atoms with Crippen LogP contribution in [0.1, 0.15) is 25.3 Å². The van der Waals surface area contributed by atoms with Crippen molar-refractivity contribution in [3.05, 3.63) is 28.2 Å². The molecule has 1 aromatic rings. The summed E-state index contributed by atoms with van der Waals surface area (Å²) < 4.78 is 28.0.